The summed E-state index contributed by atoms with van der Waals surface area (Å²) in [6.07, 6.45) is 1.03. The normalized spacial score (nSPS) is 17.9. The van der Waals surface area contributed by atoms with Gasteiger partial charge >= 0.3 is 0 Å². The second kappa shape index (κ2) is 11.0. The molecule has 1 amide bonds. The van der Waals surface area contributed by atoms with E-state index in [1.807, 2.05) is 30.3 Å². The standard InChI is InChI=1S/C27H29FN2O3/c1-29-27(31)21-7-11-25(12-8-21)33-18-22-16-30-14-13-26(22)20-5-9-24(10-6-20)32-17-19-3-2-4-23(28)15-19/h2-12,15,22,26,30H,13-14,16-18H2,1H3,(H,29,31)/t22-,26-/m0/s1. The van der Waals surface area contributed by atoms with Crippen molar-refractivity contribution in [1.29, 1.82) is 0 Å². The Balaban J connectivity index is 1.35. The molecule has 0 saturated carbocycles. The fourth-order valence-corrected chi connectivity index (χ4v) is 4.19. The zero-order valence-electron chi connectivity index (χ0n) is 18.7. The number of carbonyl (C=O) groups is 1. The molecule has 1 fully saturated rings. The fourth-order valence-electron chi connectivity index (χ4n) is 4.19. The van der Waals surface area contributed by atoms with Gasteiger partial charge in [-0.05, 0) is 78.5 Å². The molecule has 4 rings (SSSR count). The maximum absolute atomic E-state index is 13.3. The molecular weight excluding hydrogens is 419 g/mol. The van der Waals surface area contributed by atoms with Crippen LogP contribution in [0.25, 0.3) is 0 Å². The van der Waals surface area contributed by atoms with E-state index in [9.17, 15) is 9.18 Å². The van der Waals surface area contributed by atoms with E-state index in [0.29, 0.717) is 30.6 Å². The number of nitrogens with one attached hydrogen (secondary N) is 2. The molecule has 172 valence electrons. The maximum Gasteiger partial charge on any atom is 0.251 e. The molecule has 0 unspecified atom stereocenters. The number of hydrogen-bond acceptors (Lipinski definition) is 4. The maximum atomic E-state index is 13.3. The highest BCUT2D eigenvalue weighted by molar-refractivity contribution is 5.94. The van der Waals surface area contributed by atoms with Crippen LogP contribution in [-0.4, -0.2) is 32.7 Å². The molecule has 33 heavy (non-hydrogen) atoms. The van der Waals surface area contributed by atoms with Gasteiger partial charge in [-0.3, -0.25) is 4.79 Å². The Morgan fingerprint density at radius 3 is 2.48 bits per heavy atom. The molecule has 0 bridgehead atoms. The van der Waals surface area contributed by atoms with Gasteiger partial charge in [-0.2, -0.15) is 0 Å². The van der Waals surface area contributed by atoms with Gasteiger partial charge in [0, 0.05) is 25.1 Å². The molecule has 0 aromatic heterocycles. The quantitative estimate of drug-likeness (QED) is 0.531. The summed E-state index contributed by atoms with van der Waals surface area (Å²) in [6.45, 7) is 2.78. The molecule has 6 heteroatoms. The van der Waals surface area contributed by atoms with Crippen LogP contribution in [0.2, 0.25) is 0 Å². The summed E-state index contributed by atoms with van der Waals surface area (Å²) < 4.78 is 25.2. The molecule has 1 heterocycles. The van der Waals surface area contributed by atoms with Crippen molar-refractivity contribution < 1.29 is 18.7 Å². The first-order valence-electron chi connectivity index (χ1n) is 11.3. The molecule has 1 aliphatic heterocycles. The number of ether oxygens (including phenoxy) is 2. The first kappa shape index (κ1) is 22.8. The van der Waals surface area contributed by atoms with E-state index in [-0.39, 0.29) is 11.7 Å². The smallest absolute Gasteiger partial charge is 0.251 e. The van der Waals surface area contributed by atoms with Crippen molar-refractivity contribution >= 4 is 5.91 Å². The predicted octanol–water partition coefficient (Wildman–Crippen LogP) is 4.54. The highest BCUT2D eigenvalue weighted by Gasteiger charge is 2.27. The minimum atomic E-state index is -0.256. The third-order valence-corrected chi connectivity index (χ3v) is 6.02. The molecule has 2 atom stereocenters. The summed E-state index contributed by atoms with van der Waals surface area (Å²) in [5, 5.41) is 6.09. The Bertz CT molecular complexity index is 1050. The van der Waals surface area contributed by atoms with Gasteiger partial charge in [-0.15, -0.1) is 0 Å². The largest absolute Gasteiger partial charge is 0.493 e. The van der Waals surface area contributed by atoms with Crippen LogP contribution in [0, 0.1) is 11.7 Å². The first-order valence-corrected chi connectivity index (χ1v) is 11.3. The molecule has 0 spiro atoms. The highest BCUT2D eigenvalue weighted by atomic mass is 19.1. The van der Waals surface area contributed by atoms with Crippen molar-refractivity contribution in [1.82, 2.24) is 10.6 Å². The van der Waals surface area contributed by atoms with E-state index in [1.165, 1.54) is 17.7 Å². The number of benzene rings is 3. The lowest BCUT2D eigenvalue weighted by Gasteiger charge is -2.32. The van der Waals surface area contributed by atoms with E-state index in [0.717, 1.165) is 36.6 Å². The molecule has 1 saturated heterocycles. The minimum absolute atomic E-state index is 0.110. The Morgan fingerprint density at radius 2 is 1.76 bits per heavy atom. The molecule has 3 aromatic carbocycles. The summed E-state index contributed by atoms with van der Waals surface area (Å²) >= 11 is 0. The van der Waals surface area contributed by atoms with E-state index < -0.39 is 0 Å². The molecule has 5 nitrogen and oxygen atoms in total. The van der Waals surface area contributed by atoms with Crippen LogP contribution >= 0.6 is 0 Å². The van der Waals surface area contributed by atoms with Gasteiger partial charge in [-0.1, -0.05) is 24.3 Å². The van der Waals surface area contributed by atoms with Gasteiger partial charge in [0.1, 0.15) is 23.9 Å². The average molecular weight is 449 g/mol. The third kappa shape index (κ3) is 6.11. The summed E-state index contributed by atoms with van der Waals surface area (Å²) in [5.41, 5.74) is 2.68. The lowest BCUT2D eigenvalue weighted by Crippen LogP contribution is -2.38. The van der Waals surface area contributed by atoms with Crippen LogP contribution in [0.1, 0.15) is 33.8 Å². The molecular formula is C27H29FN2O3. The molecule has 3 aromatic rings. The van der Waals surface area contributed by atoms with Crippen molar-refractivity contribution in [3.63, 3.8) is 0 Å². The predicted molar refractivity (Wildman–Crippen MR) is 126 cm³/mol. The Morgan fingerprint density at radius 1 is 1.03 bits per heavy atom. The fraction of sp³-hybridized carbons (Fsp3) is 0.296. The van der Waals surface area contributed by atoms with Gasteiger partial charge in [0.15, 0.2) is 0 Å². The van der Waals surface area contributed by atoms with Crippen molar-refractivity contribution in [2.24, 2.45) is 5.92 Å². The summed E-state index contributed by atoms with van der Waals surface area (Å²) in [6, 6.07) is 21.8. The van der Waals surface area contributed by atoms with Crippen molar-refractivity contribution in [2.45, 2.75) is 18.9 Å². The zero-order valence-corrected chi connectivity index (χ0v) is 18.7. The van der Waals surface area contributed by atoms with Crippen LogP contribution in [0.4, 0.5) is 4.39 Å². The second-order valence-corrected chi connectivity index (χ2v) is 8.26. The van der Waals surface area contributed by atoms with Crippen LogP contribution in [0.3, 0.4) is 0 Å². The molecule has 0 radical (unpaired) electrons. The Kier molecular flexibility index (Phi) is 7.58. The summed E-state index contributed by atoms with van der Waals surface area (Å²) in [7, 11) is 1.62. The van der Waals surface area contributed by atoms with Gasteiger partial charge in [0.25, 0.3) is 5.91 Å². The first-order chi connectivity index (χ1) is 16.1. The van der Waals surface area contributed by atoms with Crippen molar-refractivity contribution in [3.8, 4) is 11.5 Å². The monoisotopic (exact) mass is 448 g/mol. The molecule has 0 aliphatic carbocycles. The minimum Gasteiger partial charge on any atom is -0.493 e. The Hall–Kier alpha value is -3.38. The SMILES string of the molecule is CNC(=O)c1ccc(OC[C@@H]2CNCC[C@H]2c2ccc(OCc3cccc(F)c3)cc2)cc1. The highest BCUT2D eigenvalue weighted by Crippen LogP contribution is 2.32. The van der Waals surface area contributed by atoms with Gasteiger partial charge in [0.05, 0.1) is 6.61 Å². The van der Waals surface area contributed by atoms with Crippen molar-refractivity contribution in [3.05, 3.63) is 95.3 Å². The number of hydrogen-bond donors (Lipinski definition) is 2. The van der Waals surface area contributed by atoms with E-state index >= 15 is 0 Å². The van der Waals surface area contributed by atoms with E-state index in [1.54, 1.807) is 25.2 Å². The lowest BCUT2D eigenvalue weighted by molar-refractivity contribution is 0.0963. The van der Waals surface area contributed by atoms with E-state index in [4.69, 9.17) is 9.47 Å². The van der Waals surface area contributed by atoms with Crippen LogP contribution in [0.5, 0.6) is 11.5 Å². The lowest BCUT2D eigenvalue weighted by atomic mass is 9.81. The Labute approximate surface area is 193 Å². The van der Waals surface area contributed by atoms with Crippen LogP contribution < -0.4 is 20.1 Å². The van der Waals surface area contributed by atoms with E-state index in [2.05, 4.69) is 22.8 Å². The van der Waals surface area contributed by atoms with Gasteiger partial charge in [-0.25, -0.2) is 4.39 Å². The number of carbonyl (C=O) groups excluding carboxylic acids is 1. The second-order valence-electron chi connectivity index (χ2n) is 8.26. The zero-order chi connectivity index (χ0) is 23.0. The number of rotatable bonds is 8. The average Bonchev–Trinajstić information content (AvgIpc) is 2.87. The van der Waals surface area contributed by atoms with Crippen molar-refractivity contribution in [2.75, 3.05) is 26.7 Å². The van der Waals surface area contributed by atoms with Crippen LogP contribution in [-0.2, 0) is 6.61 Å². The number of amides is 1. The van der Waals surface area contributed by atoms with Gasteiger partial charge < -0.3 is 20.1 Å². The summed E-state index contributed by atoms with van der Waals surface area (Å²) in [5.74, 6) is 1.87. The van der Waals surface area contributed by atoms with Gasteiger partial charge in [0.2, 0.25) is 0 Å². The van der Waals surface area contributed by atoms with Crippen LogP contribution in [0.15, 0.2) is 72.8 Å². The molecule has 2 N–H and O–H groups in total. The number of halogens is 1. The number of piperidine rings is 1. The molecule has 1 aliphatic rings. The topological polar surface area (TPSA) is 59.6 Å². The summed E-state index contributed by atoms with van der Waals surface area (Å²) in [4.78, 5) is 11.7. The third-order valence-electron chi connectivity index (χ3n) is 6.02.